The third kappa shape index (κ3) is 4.52. The van der Waals surface area contributed by atoms with Crippen molar-refractivity contribution >= 4 is 34.3 Å². The van der Waals surface area contributed by atoms with Crippen LogP contribution in [0.4, 0.5) is 5.69 Å². The van der Waals surface area contributed by atoms with Crippen LogP contribution in [0.3, 0.4) is 0 Å². The van der Waals surface area contributed by atoms with E-state index in [1.807, 2.05) is 30.3 Å². The number of rotatable bonds is 7. The van der Waals surface area contributed by atoms with Crippen molar-refractivity contribution in [3.05, 3.63) is 90.1 Å². The van der Waals surface area contributed by atoms with Crippen molar-refractivity contribution in [2.75, 3.05) is 18.2 Å². The fourth-order valence-corrected chi connectivity index (χ4v) is 4.36. The predicted octanol–water partition coefficient (Wildman–Crippen LogP) is 5.74. The van der Waals surface area contributed by atoms with Gasteiger partial charge in [0.15, 0.2) is 0 Å². The van der Waals surface area contributed by atoms with Gasteiger partial charge in [-0.05, 0) is 36.2 Å². The van der Waals surface area contributed by atoms with E-state index in [0.717, 1.165) is 22.9 Å². The van der Waals surface area contributed by atoms with E-state index in [9.17, 15) is 4.79 Å². The van der Waals surface area contributed by atoms with Gasteiger partial charge in [-0.25, -0.2) is 0 Å². The highest BCUT2D eigenvalue weighted by Gasteiger charge is 2.12. The minimum absolute atomic E-state index is 0.0380. The van der Waals surface area contributed by atoms with Crippen LogP contribution >= 0.6 is 11.8 Å². The summed E-state index contributed by atoms with van der Waals surface area (Å²) < 4.78 is 7.48. The van der Waals surface area contributed by atoms with Crippen LogP contribution in [0.1, 0.15) is 11.1 Å². The summed E-state index contributed by atoms with van der Waals surface area (Å²) in [7, 11) is 1.61. The van der Waals surface area contributed by atoms with E-state index in [1.165, 1.54) is 22.0 Å². The first kappa shape index (κ1) is 20.1. The monoisotopic (exact) mass is 416 g/mol. The van der Waals surface area contributed by atoms with Gasteiger partial charge in [-0.3, -0.25) is 4.79 Å². The molecule has 0 saturated heterocycles. The van der Waals surface area contributed by atoms with Gasteiger partial charge < -0.3 is 14.6 Å². The fraction of sp³-hybridized carbons (Fsp3) is 0.160. The minimum atomic E-state index is -0.0380. The van der Waals surface area contributed by atoms with Crippen molar-refractivity contribution in [2.45, 2.75) is 18.4 Å². The Morgan fingerprint density at radius 3 is 2.67 bits per heavy atom. The molecule has 0 atom stereocenters. The highest BCUT2D eigenvalue weighted by molar-refractivity contribution is 8.00. The first-order valence-electron chi connectivity index (χ1n) is 9.83. The predicted molar refractivity (Wildman–Crippen MR) is 125 cm³/mol. The van der Waals surface area contributed by atoms with Crippen LogP contribution in [-0.2, 0) is 11.3 Å². The van der Waals surface area contributed by atoms with Crippen LogP contribution < -0.4 is 10.1 Å². The summed E-state index contributed by atoms with van der Waals surface area (Å²) in [4.78, 5) is 13.6. The molecule has 0 bridgehead atoms. The van der Waals surface area contributed by atoms with E-state index < -0.39 is 0 Å². The average molecular weight is 417 g/mol. The van der Waals surface area contributed by atoms with Crippen LogP contribution in [0.25, 0.3) is 10.9 Å². The number of hydrogen-bond donors (Lipinski definition) is 1. The second-order valence-electron chi connectivity index (χ2n) is 7.13. The lowest BCUT2D eigenvalue weighted by atomic mass is 10.1. The number of benzene rings is 3. The third-order valence-electron chi connectivity index (χ3n) is 5.07. The lowest BCUT2D eigenvalue weighted by Gasteiger charge is -2.08. The van der Waals surface area contributed by atoms with Gasteiger partial charge in [0.05, 0.1) is 12.9 Å². The molecule has 0 unspecified atom stereocenters. The number of anilines is 1. The number of thioether (sulfide) groups is 1. The summed E-state index contributed by atoms with van der Waals surface area (Å²) in [6.07, 6.45) is 2.15. The summed E-state index contributed by atoms with van der Waals surface area (Å²) in [6.45, 7) is 2.95. The number of aromatic nitrogens is 1. The zero-order chi connectivity index (χ0) is 20.9. The van der Waals surface area contributed by atoms with Crippen LogP contribution in [0.2, 0.25) is 0 Å². The zero-order valence-electron chi connectivity index (χ0n) is 17.1. The number of nitrogens with zero attached hydrogens (tertiary/aromatic N) is 1. The molecule has 4 nitrogen and oxygen atoms in total. The Kier molecular flexibility index (Phi) is 6.10. The maximum absolute atomic E-state index is 12.5. The molecule has 0 aliphatic carbocycles. The maximum Gasteiger partial charge on any atom is 0.234 e. The summed E-state index contributed by atoms with van der Waals surface area (Å²) in [5, 5.41) is 4.11. The quantitative estimate of drug-likeness (QED) is 0.391. The van der Waals surface area contributed by atoms with E-state index in [2.05, 4.69) is 65.5 Å². The van der Waals surface area contributed by atoms with Crippen molar-refractivity contribution in [2.24, 2.45) is 0 Å². The molecule has 30 heavy (non-hydrogen) atoms. The van der Waals surface area contributed by atoms with Crippen molar-refractivity contribution in [3.63, 3.8) is 0 Å². The van der Waals surface area contributed by atoms with E-state index in [4.69, 9.17) is 4.74 Å². The highest BCUT2D eigenvalue weighted by atomic mass is 32.2. The molecule has 1 amide bonds. The number of fused-ring (bicyclic) bond motifs is 1. The van der Waals surface area contributed by atoms with Gasteiger partial charge in [-0.2, -0.15) is 0 Å². The first-order valence-corrected chi connectivity index (χ1v) is 10.8. The highest BCUT2D eigenvalue weighted by Crippen LogP contribution is 2.31. The van der Waals surface area contributed by atoms with E-state index in [0.29, 0.717) is 5.75 Å². The largest absolute Gasteiger partial charge is 0.497 e. The molecule has 0 radical (unpaired) electrons. The average Bonchev–Trinajstić information content (AvgIpc) is 3.12. The smallest absolute Gasteiger partial charge is 0.234 e. The maximum atomic E-state index is 12.5. The molecule has 0 fully saturated rings. The molecule has 4 rings (SSSR count). The van der Waals surface area contributed by atoms with Crippen LogP contribution in [-0.4, -0.2) is 23.3 Å². The Morgan fingerprint density at radius 1 is 1.03 bits per heavy atom. The molecular formula is C25H24N2O2S. The van der Waals surface area contributed by atoms with Crippen molar-refractivity contribution in [1.29, 1.82) is 0 Å². The number of carbonyl (C=O) groups excluding carboxylic acids is 1. The molecule has 1 N–H and O–H groups in total. The van der Waals surface area contributed by atoms with E-state index in [1.54, 1.807) is 18.9 Å². The number of hydrogen-bond acceptors (Lipinski definition) is 3. The van der Waals surface area contributed by atoms with Crippen LogP contribution in [0.5, 0.6) is 5.75 Å². The second-order valence-corrected chi connectivity index (χ2v) is 8.15. The first-order chi connectivity index (χ1) is 14.6. The molecule has 5 heteroatoms. The minimum Gasteiger partial charge on any atom is -0.497 e. The number of aryl methyl sites for hydroxylation is 1. The standard InChI is InChI=1S/C25H24N2O2S/c1-18-8-3-4-9-19(18)15-27-16-24(22-12-5-6-13-23(22)27)30-17-25(28)26-20-10-7-11-21(14-20)29-2/h3-14,16H,15,17H2,1-2H3,(H,26,28). The van der Waals surface area contributed by atoms with Gasteiger partial charge in [-0.1, -0.05) is 48.5 Å². The molecule has 1 heterocycles. The normalized spacial score (nSPS) is 10.9. The summed E-state index contributed by atoms with van der Waals surface area (Å²) in [5.74, 6) is 1.03. The number of nitrogens with one attached hydrogen (secondary N) is 1. The Hall–Kier alpha value is -3.18. The van der Waals surface area contributed by atoms with Crippen molar-refractivity contribution in [3.8, 4) is 5.75 Å². The van der Waals surface area contributed by atoms with Gasteiger partial charge in [0.1, 0.15) is 5.75 Å². The van der Waals surface area contributed by atoms with Crippen molar-refractivity contribution < 1.29 is 9.53 Å². The van der Waals surface area contributed by atoms with Crippen LogP contribution in [0, 0.1) is 6.92 Å². The summed E-state index contributed by atoms with van der Waals surface area (Å²) in [5.41, 5.74) is 4.49. The van der Waals surface area contributed by atoms with Gasteiger partial charge in [0.2, 0.25) is 5.91 Å². The van der Waals surface area contributed by atoms with Gasteiger partial charge in [-0.15, -0.1) is 11.8 Å². The Bertz CT molecular complexity index is 1180. The number of methoxy groups -OCH3 is 1. The number of amides is 1. The van der Waals surface area contributed by atoms with Crippen LogP contribution in [0.15, 0.2) is 83.9 Å². The lowest BCUT2D eigenvalue weighted by Crippen LogP contribution is -2.13. The van der Waals surface area contributed by atoms with E-state index >= 15 is 0 Å². The molecule has 0 aliphatic heterocycles. The Morgan fingerprint density at radius 2 is 1.83 bits per heavy atom. The molecule has 4 aromatic rings. The molecule has 1 aromatic heterocycles. The van der Waals surface area contributed by atoms with E-state index in [-0.39, 0.29) is 5.91 Å². The Labute approximate surface area is 180 Å². The Balaban J connectivity index is 1.50. The van der Waals surface area contributed by atoms with Gasteiger partial charge in [0, 0.05) is 40.3 Å². The number of para-hydroxylation sites is 1. The SMILES string of the molecule is COc1cccc(NC(=O)CSc2cn(Cc3ccccc3C)c3ccccc23)c1. The molecule has 3 aromatic carbocycles. The van der Waals surface area contributed by atoms with Gasteiger partial charge in [0.25, 0.3) is 0 Å². The fourth-order valence-electron chi connectivity index (χ4n) is 3.47. The molecule has 152 valence electrons. The lowest BCUT2D eigenvalue weighted by molar-refractivity contribution is -0.113. The molecule has 0 spiro atoms. The zero-order valence-corrected chi connectivity index (χ0v) is 17.9. The third-order valence-corrected chi connectivity index (χ3v) is 6.11. The molecular weight excluding hydrogens is 392 g/mol. The molecule has 0 aliphatic rings. The number of carbonyl (C=O) groups is 1. The summed E-state index contributed by atoms with van der Waals surface area (Å²) in [6, 6.07) is 24.2. The number of ether oxygens (including phenoxy) is 1. The second kappa shape index (κ2) is 9.09. The topological polar surface area (TPSA) is 43.3 Å². The molecule has 0 saturated carbocycles. The van der Waals surface area contributed by atoms with Crippen molar-refractivity contribution in [1.82, 2.24) is 4.57 Å². The van der Waals surface area contributed by atoms with Gasteiger partial charge >= 0.3 is 0 Å². The summed E-state index contributed by atoms with van der Waals surface area (Å²) >= 11 is 1.56.